The third kappa shape index (κ3) is 4.07. The number of hydrogen-bond donors (Lipinski definition) is 2. The smallest absolute Gasteiger partial charge is 0.274 e. The molecular weight excluding hydrogens is 274 g/mol. The molecule has 2 rings (SSSR count). The van der Waals surface area contributed by atoms with Crippen molar-refractivity contribution in [1.82, 2.24) is 4.98 Å². The molecule has 0 aliphatic carbocycles. The van der Waals surface area contributed by atoms with E-state index >= 15 is 0 Å². The first kappa shape index (κ1) is 16.0. The Kier molecular flexibility index (Phi) is 4.50. The molecule has 4 heteroatoms. The van der Waals surface area contributed by atoms with Crippen LogP contribution in [-0.4, -0.2) is 16.4 Å². The molecule has 1 aromatic heterocycles. The van der Waals surface area contributed by atoms with Crippen molar-refractivity contribution in [1.29, 1.82) is 0 Å². The maximum Gasteiger partial charge on any atom is 0.274 e. The summed E-state index contributed by atoms with van der Waals surface area (Å²) in [7, 11) is 0. The number of hydrogen-bond acceptors (Lipinski definition) is 3. The van der Waals surface area contributed by atoms with Gasteiger partial charge in [0.25, 0.3) is 5.91 Å². The van der Waals surface area contributed by atoms with Crippen LogP contribution >= 0.6 is 0 Å². The first-order valence-corrected chi connectivity index (χ1v) is 7.38. The molecular formula is C18H23N3O. The maximum atomic E-state index is 12.4. The molecule has 0 radical (unpaired) electrons. The second-order valence-electron chi connectivity index (χ2n) is 6.53. The Morgan fingerprint density at radius 2 is 1.73 bits per heavy atom. The van der Waals surface area contributed by atoms with Crippen molar-refractivity contribution in [3.05, 3.63) is 53.3 Å². The number of pyridine rings is 1. The van der Waals surface area contributed by atoms with Crippen molar-refractivity contribution >= 4 is 17.3 Å². The molecule has 22 heavy (non-hydrogen) atoms. The molecule has 0 aliphatic heterocycles. The van der Waals surface area contributed by atoms with Crippen LogP contribution in [0.15, 0.2) is 36.5 Å². The van der Waals surface area contributed by atoms with Crippen LogP contribution in [0.25, 0.3) is 0 Å². The molecule has 0 unspecified atom stereocenters. The van der Waals surface area contributed by atoms with Gasteiger partial charge >= 0.3 is 0 Å². The zero-order valence-electron chi connectivity index (χ0n) is 13.8. The van der Waals surface area contributed by atoms with Crippen LogP contribution in [0.5, 0.6) is 0 Å². The van der Waals surface area contributed by atoms with E-state index in [1.54, 1.807) is 12.3 Å². The summed E-state index contributed by atoms with van der Waals surface area (Å²) in [6.45, 7) is 10.2. The Morgan fingerprint density at radius 3 is 2.32 bits per heavy atom. The first-order valence-electron chi connectivity index (χ1n) is 7.38. The van der Waals surface area contributed by atoms with Gasteiger partial charge in [-0.2, -0.15) is 0 Å². The highest BCUT2D eigenvalue weighted by atomic mass is 16.1. The lowest BCUT2D eigenvalue weighted by atomic mass is 10.1. The molecule has 0 fully saturated rings. The lowest BCUT2D eigenvalue weighted by molar-refractivity contribution is 0.102. The lowest BCUT2D eigenvalue weighted by Gasteiger charge is -2.22. The summed E-state index contributed by atoms with van der Waals surface area (Å²) in [5.74, 6) is -0.199. The zero-order chi connectivity index (χ0) is 16.3. The third-order valence-corrected chi connectivity index (χ3v) is 3.23. The average Bonchev–Trinajstić information content (AvgIpc) is 2.41. The fraction of sp³-hybridized carbons (Fsp3) is 0.333. The van der Waals surface area contributed by atoms with E-state index in [9.17, 15) is 4.79 Å². The fourth-order valence-corrected chi connectivity index (χ4v) is 2.25. The van der Waals surface area contributed by atoms with E-state index in [1.165, 1.54) is 0 Å². The molecule has 1 amide bonds. The van der Waals surface area contributed by atoms with Gasteiger partial charge in [0, 0.05) is 23.1 Å². The Labute approximate surface area is 132 Å². The second-order valence-corrected chi connectivity index (χ2v) is 6.53. The normalized spacial score (nSPS) is 11.1. The number of carbonyl (C=O) groups excluding carboxylic acids is 1. The van der Waals surface area contributed by atoms with Crippen molar-refractivity contribution in [3.8, 4) is 0 Å². The Balaban J connectivity index is 2.22. The number of benzene rings is 1. The SMILES string of the molecule is Cc1cccc(C)c1NC(=O)c1cc(NC(C)(C)C)ccn1. The van der Waals surface area contributed by atoms with Crippen molar-refractivity contribution in [2.24, 2.45) is 0 Å². The molecule has 2 N–H and O–H groups in total. The number of carbonyl (C=O) groups is 1. The van der Waals surface area contributed by atoms with E-state index in [0.29, 0.717) is 5.69 Å². The first-order chi connectivity index (χ1) is 10.3. The average molecular weight is 297 g/mol. The van der Waals surface area contributed by atoms with Crippen LogP contribution in [0.3, 0.4) is 0 Å². The van der Waals surface area contributed by atoms with Crippen LogP contribution in [0, 0.1) is 13.8 Å². The number of nitrogens with zero attached hydrogens (tertiary/aromatic N) is 1. The van der Waals surface area contributed by atoms with Gasteiger partial charge < -0.3 is 10.6 Å². The number of amides is 1. The van der Waals surface area contributed by atoms with E-state index in [4.69, 9.17) is 0 Å². The minimum absolute atomic E-state index is 0.0678. The van der Waals surface area contributed by atoms with E-state index in [-0.39, 0.29) is 11.4 Å². The molecule has 4 nitrogen and oxygen atoms in total. The van der Waals surface area contributed by atoms with E-state index in [0.717, 1.165) is 22.5 Å². The number of nitrogens with one attached hydrogen (secondary N) is 2. The molecule has 1 heterocycles. The predicted octanol–water partition coefficient (Wildman–Crippen LogP) is 4.16. The highest BCUT2D eigenvalue weighted by Gasteiger charge is 2.14. The van der Waals surface area contributed by atoms with Gasteiger partial charge in [0.05, 0.1) is 0 Å². The van der Waals surface area contributed by atoms with Gasteiger partial charge in [-0.1, -0.05) is 18.2 Å². The topological polar surface area (TPSA) is 54.0 Å². The van der Waals surface area contributed by atoms with Gasteiger partial charge in [-0.3, -0.25) is 9.78 Å². The van der Waals surface area contributed by atoms with Crippen LogP contribution < -0.4 is 10.6 Å². The monoisotopic (exact) mass is 297 g/mol. The van der Waals surface area contributed by atoms with Crippen molar-refractivity contribution in [2.45, 2.75) is 40.2 Å². The number of aryl methyl sites for hydroxylation is 2. The van der Waals surface area contributed by atoms with Crippen LogP contribution in [0.1, 0.15) is 42.4 Å². The van der Waals surface area contributed by atoms with Gasteiger partial charge in [-0.15, -0.1) is 0 Å². The third-order valence-electron chi connectivity index (χ3n) is 3.23. The Hall–Kier alpha value is -2.36. The summed E-state index contributed by atoms with van der Waals surface area (Å²) < 4.78 is 0. The zero-order valence-corrected chi connectivity index (χ0v) is 13.8. The summed E-state index contributed by atoms with van der Waals surface area (Å²) in [6.07, 6.45) is 1.65. The van der Waals surface area contributed by atoms with E-state index < -0.39 is 0 Å². The van der Waals surface area contributed by atoms with Gasteiger partial charge in [0.1, 0.15) is 5.69 Å². The summed E-state index contributed by atoms with van der Waals surface area (Å²) in [6, 6.07) is 9.57. The standard InChI is InChI=1S/C18H23N3O/c1-12-7-6-8-13(2)16(12)20-17(22)15-11-14(9-10-19-15)21-18(3,4)5/h6-11H,1-5H3,(H,19,21)(H,20,22). The molecule has 0 aliphatic rings. The molecule has 116 valence electrons. The second kappa shape index (κ2) is 6.18. The van der Waals surface area contributed by atoms with Crippen LogP contribution in [0.4, 0.5) is 11.4 Å². The predicted molar refractivity (Wildman–Crippen MR) is 91.5 cm³/mol. The quantitative estimate of drug-likeness (QED) is 0.894. The molecule has 0 bridgehead atoms. The molecule has 1 aromatic carbocycles. The Bertz CT molecular complexity index is 667. The molecule has 0 atom stereocenters. The van der Waals surface area contributed by atoms with Crippen LogP contribution in [0.2, 0.25) is 0 Å². The van der Waals surface area contributed by atoms with E-state index in [1.807, 2.05) is 38.1 Å². The number of para-hydroxylation sites is 1. The summed E-state index contributed by atoms with van der Waals surface area (Å²) in [4.78, 5) is 16.6. The van der Waals surface area contributed by atoms with Crippen molar-refractivity contribution < 1.29 is 4.79 Å². The minimum atomic E-state index is -0.199. The van der Waals surface area contributed by atoms with Gasteiger partial charge in [-0.05, 0) is 57.9 Å². The highest BCUT2D eigenvalue weighted by Crippen LogP contribution is 2.21. The Morgan fingerprint density at radius 1 is 1.09 bits per heavy atom. The number of aromatic nitrogens is 1. The summed E-state index contributed by atoms with van der Waals surface area (Å²) in [5.41, 5.74) is 4.14. The number of anilines is 2. The molecule has 2 aromatic rings. The summed E-state index contributed by atoms with van der Waals surface area (Å²) >= 11 is 0. The van der Waals surface area contributed by atoms with Crippen molar-refractivity contribution in [2.75, 3.05) is 10.6 Å². The van der Waals surface area contributed by atoms with Crippen LogP contribution in [-0.2, 0) is 0 Å². The van der Waals surface area contributed by atoms with Gasteiger partial charge in [-0.25, -0.2) is 0 Å². The number of rotatable bonds is 3. The van der Waals surface area contributed by atoms with Gasteiger partial charge in [0.15, 0.2) is 0 Å². The van der Waals surface area contributed by atoms with Crippen molar-refractivity contribution in [3.63, 3.8) is 0 Å². The fourth-order valence-electron chi connectivity index (χ4n) is 2.25. The minimum Gasteiger partial charge on any atom is -0.380 e. The summed E-state index contributed by atoms with van der Waals surface area (Å²) in [5, 5.41) is 6.30. The largest absolute Gasteiger partial charge is 0.380 e. The highest BCUT2D eigenvalue weighted by molar-refractivity contribution is 6.04. The van der Waals surface area contributed by atoms with E-state index in [2.05, 4.69) is 36.4 Å². The maximum absolute atomic E-state index is 12.4. The molecule has 0 saturated heterocycles. The molecule has 0 saturated carbocycles. The van der Waals surface area contributed by atoms with Gasteiger partial charge in [0.2, 0.25) is 0 Å². The lowest BCUT2D eigenvalue weighted by Crippen LogP contribution is -2.26. The molecule has 0 spiro atoms.